The topological polar surface area (TPSA) is 58.1 Å². The monoisotopic (exact) mass is 290 g/mol. The molecule has 2 heterocycles. The van der Waals surface area contributed by atoms with Crippen LogP contribution in [0.2, 0.25) is 5.02 Å². The highest BCUT2D eigenvalue weighted by molar-refractivity contribution is 6.33. The van der Waals surface area contributed by atoms with Crippen LogP contribution in [0.4, 0.5) is 11.5 Å². The van der Waals surface area contributed by atoms with Crippen LogP contribution in [0.3, 0.4) is 0 Å². The van der Waals surface area contributed by atoms with Gasteiger partial charge in [0.05, 0.1) is 10.6 Å². The molecule has 0 aliphatic carbocycles. The van der Waals surface area contributed by atoms with Crippen LogP contribution in [0.1, 0.15) is 17.3 Å². The molecule has 0 spiro atoms. The molecule has 2 aromatic heterocycles. The minimum atomic E-state index is -0.143. The maximum Gasteiger partial charge on any atom is 0.259 e. The van der Waals surface area contributed by atoms with E-state index in [1.807, 2.05) is 6.92 Å². The zero-order valence-corrected chi connectivity index (χ0v) is 12.1. The quantitative estimate of drug-likeness (QED) is 0.941. The van der Waals surface area contributed by atoms with Gasteiger partial charge in [0.25, 0.3) is 5.91 Å². The summed E-state index contributed by atoms with van der Waals surface area (Å²) in [6, 6.07) is 5.20. The lowest BCUT2D eigenvalue weighted by atomic mass is 10.2. The molecule has 2 rings (SSSR count). The molecule has 0 atom stereocenters. The summed E-state index contributed by atoms with van der Waals surface area (Å²) in [5.41, 5.74) is 1.24. The number of carbonyl (C=O) groups is 1. The number of nitrogens with one attached hydrogen (secondary N) is 1. The summed E-state index contributed by atoms with van der Waals surface area (Å²) in [6.07, 6.45) is 4.82. The van der Waals surface area contributed by atoms with E-state index in [0.29, 0.717) is 22.9 Å². The van der Waals surface area contributed by atoms with Crippen molar-refractivity contribution in [1.82, 2.24) is 9.97 Å². The van der Waals surface area contributed by atoms with Gasteiger partial charge in [0.15, 0.2) is 0 Å². The second-order valence-corrected chi connectivity index (χ2v) is 4.47. The first-order chi connectivity index (χ1) is 9.67. The molecule has 2 aromatic rings. The average Bonchev–Trinajstić information content (AvgIpc) is 2.49. The number of anilines is 2. The second-order valence-electron chi connectivity index (χ2n) is 4.06. The third-order valence-electron chi connectivity index (χ3n) is 2.86. The first-order valence-corrected chi connectivity index (χ1v) is 6.60. The molecule has 20 heavy (non-hydrogen) atoms. The van der Waals surface area contributed by atoms with E-state index in [2.05, 4.69) is 15.3 Å². The zero-order chi connectivity index (χ0) is 14.5. The molecule has 0 aliphatic heterocycles. The van der Waals surface area contributed by atoms with Crippen molar-refractivity contribution in [1.29, 1.82) is 0 Å². The van der Waals surface area contributed by atoms with Crippen molar-refractivity contribution in [2.24, 2.45) is 0 Å². The van der Waals surface area contributed by atoms with Crippen LogP contribution in [-0.2, 0) is 0 Å². The maximum atomic E-state index is 12.5. The van der Waals surface area contributed by atoms with Crippen molar-refractivity contribution < 1.29 is 4.79 Å². The molecule has 0 aromatic carbocycles. The number of rotatable bonds is 4. The minimum absolute atomic E-state index is 0.143. The van der Waals surface area contributed by atoms with Crippen molar-refractivity contribution in [3.05, 3.63) is 47.4 Å². The van der Waals surface area contributed by atoms with Crippen molar-refractivity contribution in [3.63, 3.8) is 0 Å². The predicted molar refractivity (Wildman–Crippen MR) is 80.4 cm³/mol. The van der Waals surface area contributed by atoms with Crippen LogP contribution in [-0.4, -0.2) is 29.5 Å². The van der Waals surface area contributed by atoms with Gasteiger partial charge in [-0.1, -0.05) is 11.6 Å². The summed E-state index contributed by atoms with van der Waals surface area (Å²) in [5, 5.41) is 3.28. The number of nitrogens with zero attached hydrogens (tertiary/aromatic N) is 3. The van der Waals surface area contributed by atoms with Crippen LogP contribution in [0, 0.1) is 0 Å². The largest absolute Gasteiger partial charge is 0.372 e. The summed E-state index contributed by atoms with van der Waals surface area (Å²) in [5.74, 6) is 0.408. The Morgan fingerprint density at radius 3 is 2.65 bits per heavy atom. The third kappa shape index (κ3) is 2.88. The second kappa shape index (κ2) is 6.34. The standard InChI is InChI=1S/C14H15ClN4O/c1-3-19(11-4-6-17-7-5-11)14(20)10-8-12(15)13(16-2)18-9-10/h4-9H,3H2,1-2H3,(H,16,18). The molecular formula is C14H15ClN4O. The van der Waals surface area contributed by atoms with Gasteiger partial charge in [-0.15, -0.1) is 0 Å². The zero-order valence-electron chi connectivity index (χ0n) is 11.3. The third-order valence-corrected chi connectivity index (χ3v) is 3.15. The van der Waals surface area contributed by atoms with E-state index in [1.165, 1.54) is 6.20 Å². The molecule has 0 saturated heterocycles. The van der Waals surface area contributed by atoms with E-state index in [1.54, 1.807) is 42.5 Å². The molecular weight excluding hydrogens is 276 g/mol. The Bertz CT molecular complexity index is 603. The molecule has 0 radical (unpaired) electrons. The molecule has 1 N–H and O–H groups in total. The van der Waals surface area contributed by atoms with Crippen LogP contribution in [0.25, 0.3) is 0 Å². The van der Waals surface area contributed by atoms with Crippen LogP contribution in [0.15, 0.2) is 36.8 Å². The van der Waals surface area contributed by atoms with Crippen LogP contribution < -0.4 is 10.2 Å². The molecule has 0 fully saturated rings. The maximum absolute atomic E-state index is 12.5. The lowest BCUT2D eigenvalue weighted by Crippen LogP contribution is -2.30. The van der Waals surface area contributed by atoms with Gasteiger partial charge < -0.3 is 10.2 Å². The Morgan fingerprint density at radius 1 is 1.40 bits per heavy atom. The van der Waals surface area contributed by atoms with Gasteiger partial charge >= 0.3 is 0 Å². The van der Waals surface area contributed by atoms with E-state index in [-0.39, 0.29) is 5.91 Å². The van der Waals surface area contributed by atoms with E-state index in [0.717, 1.165) is 5.69 Å². The smallest absolute Gasteiger partial charge is 0.259 e. The average molecular weight is 291 g/mol. The molecule has 0 saturated carbocycles. The molecule has 0 aliphatic rings. The Labute approximate surface area is 122 Å². The summed E-state index contributed by atoms with van der Waals surface area (Å²) in [6.45, 7) is 2.46. The molecule has 5 nitrogen and oxygen atoms in total. The lowest BCUT2D eigenvalue weighted by molar-refractivity contribution is 0.0988. The lowest BCUT2D eigenvalue weighted by Gasteiger charge is -2.21. The van der Waals surface area contributed by atoms with E-state index in [9.17, 15) is 4.79 Å². The fraction of sp³-hybridized carbons (Fsp3) is 0.214. The number of aromatic nitrogens is 2. The number of carbonyl (C=O) groups excluding carboxylic acids is 1. The molecule has 0 unspecified atom stereocenters. The predicted octanol–water partition coefficient (Wildman–Crippen LogP) is 2.84. The number of hydrogen-bond donors (Lipinski definition) is 1. The normalized spacial score (nSPS) is 10.2. The first-order valence-electron chi connectivity index (χ1n) is 6.22. The number of halogens is 1. The highest BCUT2D eigenvalue weighted by atomic mass is 35.5. The Hall–Kier alpha value is -2.14. The molecule has 104 valence electrons. The van der Waals surface area contributed by atoms with E-state index in [4.69, 9.17) is 11.6 Å². The van der Waals surface area contributed by atoms with Crippen molar-refractivity contribution in [2.75, 3.05) is 23.8 Å². The minimum Gasteiger partial charge on any atom is -0.372 e. The van der Waals surface area contributed by atoms with Gasteiger partial charge in [0.2, 0.25) is 0 Å². The Kier molecular flexibility index (Phi) is 4.53. The van der Waals surface area contributed by atoms with Crippen molar-refractivity contribution >= 4 is 29.0 Å². The fourth-order valence-corrected chi connectivity index (χ4v) is 2.12. The summed E-state index contributed by atoms with van der Waals surface area (Å²) >= 11 is 6.06. The van der Waals surface area contributed by atoms with Crippen molar-refractivity contribution in [3.8, 4) is 0 Å². The molecule has 0 bridgehead atoms. The summed E-state index contributed by atoms with van der Waals surface area (Å²) in [7, 11) is 1.73. The number of amides is 1. The van der Waals surface area contributed by atoms with Gasteiger partial charge in [-0.05, 0) is 25.1 Å². The highest BCUT2D eigenvalue weighted by Gasteiger charge is 2.17. The van der Waals surface area contributed by atoms with Gasteiger partial charge in [-0.25, -0.2) is 4.98 Å². The highest BCUT2D eigenvalue weighted by Crippen LogP contribution is 2.22. The Balaban J connectivity index is 2.32. The first kappa shape index (κ1) is 14.3. The Morgan fingerprint density at radius 2 is 2.10 bits per heavy atom. The van der Waals surface area contributed by atoms with E-state index >= 15 is 0 Å². The molecule has 1 amide bonds. The SMILES string of the molecule is CCN(C(=O)c1cnc(NC)c(Cl)c1)c1ccncc1. The van der Waals surface area contributed by atoms with Gasteiger partial charge in [0, 0.05) is 37.9 Å². The van der Waals surface area contributed by atoms with E-state index < -0.39 is 0 Å². The van der Waals surface area contributed by atoms with Gasteiger partial charge in [-0.3, -0.25) is 9.78 Å². The van der Waals surface area contributed by atoms with Gasteiger partial charge in [0.1, 0.15) is 5.82 Å². The van der Waals surface area contributed by atoms with Crippen molar-refractivity contribution in [2.45, 2.75) is 6.92 Å². The summed E-state index contributed by atoms with van der Waals surface area (Å²) in [4.78, 5) is 22.2. The molecule has 6 heteroatoms. The number of hydrogen-bond acceptors (Lipinski definition) is 4. The van der Waals surface area contributed by atoms with Gasteiger partial charge in [-0.2, -0.15) is 0 Å². The number of pyridine rings is 2. The van der Waals surface area contributed by atoms with Crippen LogP contribution in [0.5, 0.6) is 0 Å². The summed E-state index contributed by atoms with van der Waals surface area (Å²) < 4.78 is 0. The van der Waals surface area contributed by atoms with Crippen LogP contribution >= 0.6 is 11.6 Å². The fourth-order valence-electron chi connectivity index (χ4n) is 1.86.